The number of hydrogen-bond donors (Lipinski definition) is 1. The molecular weight excluding hydrogens is 340 g/mol. The van der Waals surface area contributed by atoms with Crippen LogP contribution in [0.2, 0.25) is 0 Å². The highest BCUT2D eigenvalue weighted by molar-refractivity contribution is 5.89. The van der Waals surface area contributed by atoms with Gasteiger partial charge in [-0.25, -0.2) is 13.6 Å². The zero-order valence-electron chi connectivity index (χ0n) is 14.9. The number of benzene rings is 1. The fraction of sp³-hybridized carbons (Fsp3) is 0.444. The molecule has 2 aromatic rings. The second-order valence-electron chi connectivity index (χ2n) is 6.47. The molecule has 2 amide bonds. The van der Waals surface area contributed by atoms with Crippen LogP contribution in [0.5, 0.6) is 0 Å². The van der Waals surface area contributed by atoms with Crippen molar-refractivity contribution in [3.8, 4) is 0 Å². The molecule has 1 aromatic heterocycles. The van der Waals surface area contributed by atoms with Crippen molar-refractivity contribution < 1.29 is 13.6 Å². The van der Waals surface area contributed by atoms with Crippen molar-refractivity contribution in [1.29, 1.82) is 0 Å². The van der Waals surface area contributed by atoms with Gasteiger partial charge in [-0.3, -0.25) is 4.68 Å². The number of carbonyl (C=O) groups excluding carboxylic acids is 1. The van der Waals surface area contributed by atoms with Crippen molar-refractivity contribution in [3.05, 3.63) is 42.2 Å². The van der Waals surface area contributed by atoms with E-state index in [-0.39, 0.29) is 12.1 Å². The van der Waals surface area contributed by atoms with Gasteiger partial charge < -0.3 is 15.1 Å². The van der Waals surface area contributed by atoms with Crippen LogP contribution in [0.4, 0.5) is 25.0 Å². The Morgan fingerprint density at radius 1 is 1.38 bits per heavy atom. The first-order chi connectivity index (χ1) is 12.5. The molecule has 1 aliphatic heterocycles. The number of halogens is 2. The van der Waals surface area contributed by atoms with Gasteiger partial charge in [-0.2, -0.15) is 5.10 Å². The third kappa shape index (κ3) is 3.95. The fourth-order valence-corrected chi connectivity index (χ4v) is 3.29. The fourth-order valence-electron chi connectivity index (χ4n) is 3.29. The number of nitrogens with one attached hydrogen (secondary N) is 1. The number of para-hydroxylation sites is 1. The summed E-state index contributed by atoms with van der Waals surface area (Å²) < 4.78 is 26.0. The summed E-state index contributed by atoms with van der Waals surface area (Å²) in [4.78, 5) is 16.8. The second kappa shape index (κ2) is 7.72. The maximum atomic E-state index is 12.8. The topological polar surface area (TPSA) is 53.4 Å². The predicted octanol–water partition coefficient (Wildman–Crippen LogP) is 3.41. The Bertz CT molecular complexity index is 764. The van der Waals surface area contributed by atoms with Crippen molar-refractivity contribution in [2.24, 2.45) is 0 Å². The Kier molecular flexibility index (Phi) is 5.39. The van der Waals surface area contributed by atoms with Crippen molar-refractivity contribution in [2.75, 3.05) is 23.8 Å². The monoisotopic (exact) mass is 363 g/mol. The average Bonchev–Trinajstić information content (AvgIpc) is 2.97. The molecule has 26 heavy (non-hydrogen) atoms. The maximum absolute atomic E-state index is 12.8. The number of amides is 2. The van der Waals surface area contributed by atoms with Gasteiger partial charge in [-0.15, -0.1) is 0 Å². The zero-order valence-corrected chi connectivity index (χ0v) is 14.9. The number of likely N-dealkylation sites (N-methyl/N-ethyl adjacent to an activating group) is 1. The van der Waals surface area contributed by atoms with Crippen molar-refractivity contribution in [2.45, 2.75) is 38.9 Å². The molecular formula is C18H23F2N5O. The first kappa shape index (κ1) is 18.2. The van der Waals surface area contributed by atoms with Crippen LogP contribution in [0.1, 0.15) is 18.9 Å². The van der Waals surface area contributed by atoms with E-state index in [1.54, 1.807) is 4.90 Å². The number of carbonyl (C=O) groups is 1. The summed E-state index contributed by atoms with van der Waals surface area (Å²) in [5.74, 6) is 0. The van der Waals surface area contributed by atoms with E-state index >= 15 is 0 Å². The Labute approximate surface area is 151 Å². The van der Waals surface area contributed by atoms with Crippen molar-refractivity contribution in [1.82, 2.24) is 14.7 Å². The standard InChI is InChI=1S/C18H23F2N5O/c1-3-15-11-23(2)16-7-5-4-6-13(16)9-25(15)18(26)22-14-8-21-24(10-14)12-17(19)20/h4-8,10,15,17H,3,9,11-12H2,1-2H3,(H,22,26). The zero-order chi connectivity index (χ0) is 18.7. The third-order valence-corrected chi connectivity index (χ3v) is 4.61. The predicted molar refractivity (Wildman–Crippen MR) is 96.6 cm³/mol. The minimum Gasteiger partial charge on any atom is -0.372 e. The van der Waals surface area contributed by atoms with Gasteiger partial charge in [0.05, 0.1) is 17.9 Å². The van der Waals surface area contributed by atoms with Gasteiger partial charge in [0, 0.05) is 32.0 Å². The van der Waals surface area contributed by atoms with Gasteiger partial charge >= 0.3 is 6.03 Å². The van der Waals surface area contributed by atoms with E-state index in [1.807, 2.05) is 25.2 Å². The molecule has 6 nitrogen and oxygen atoms in total. The van der Waals surface area contributed by atoms with Gasteiger partial charge in [-0.1, -0.05) is 25.1 Å². The lowest BCUT2D eigenvalue weighted by Gasteiger charge is -2.30. The normalized spacial score (nSPS) is 17.2. The smallest absolute Gasteiger partial charge is 0.322 e. The van der Waals surface area contributed by atoms with Crippen LogP contribution in [0.15, 0.2) is 36.7 Å². The highest BCUT2D eigenvalue weighted by Gasteiger charge is 2.28. The van der Waals surface area contributed by atoms with E-state index in [1.165, 1.54) is 12.4 Å². The number of urea groups is 1. The van der Waals surface area contributed by atoms with E-state index < -0.39 is 13.0 Å². The van der Waals surface area contributed by atoms with Crippen LogP contribution >= 0.6 is 0 Å². The highest BCUT2D eigenvalue weighted by atomic mass is 19.3. The molecule has 8 heteroatoms. The Balaban J connectivity index is 1.77. The Hall–Kier alpha value is -2.64. The number of rotatable bonds is 4. The van der Waals surface area contributed by atoms with Gasteiger partial charge in [0.2, 0.25) is 0 Å². The summed E-state index contributed by atoms with van der Waals surface area (Å²) >= 11 is 0. The molecule has 0 radical (unpaired) electrons. The SMILES string of the molecule is CCC1CN(C)c2ccccc2CN1C(=O)Nc1cnn(CC(F)F)c1. The van der Waals surface area contributed by atoms with Crippen molar-refractivity contribution >= 4 is 17.4 Å². The maximum Gasteiger partial charge on any atom is 0.322 e. The quantitative estimate of drug-likeness (QED) is 0.906. The molecule has 1 atom stereocenters. The van der Waals surface area contributed by atoms with E-state index in [0.29, 0.717) is 12.2 Å². The molecule has 1 unspecified atom stereocenters. The lowest BCUT2D eigenvalue weighted by atomic mass is 10.1. The molecule has 1 N–H and O–H groups in total. The van der Waals surface area contributed by atoms with Crippen LogP contribution in [0.25, 0.3) is 0 Å². The van der Waals surface area contributed by atoms with E-state index in [2.05, 4.69) is 28.3 Å². The Morgan fingerprint density at radius 3 is 2.88 bits per heavy atom. The van der Waals surface area contributed by atoms with Crippen LogP contribution in [0, 0.1) is 0 Å². The molecule has 2 heterocycles. The largest absolute Gasteiger partial charge is 0.372 e. The van der Waals surface area contributed by atoms with Gasteiger partial charge in [-0.05, 0) is 18.1 Å². The molecule has 1 aromatic carbocycles. The van der Waals surface area contributed by atoms with Crippen LogP contribution in [-0.2, 0) is 13.1 Å². The molecule has 0 spiro atoms. The first-order valence-electron chi connectivity index (χ1n) is 8.65. The average molecular weight is 363 g/mol. The molecule has 0 saturated carbocycles. The van der Waals surface area contributed by atoms with Gasteiger partial charge in [0.25, 0.3) is 6.43 Å². The summed E-state index contributed by atoms with van der Waals surface area (Å²) in [5, 5.41) is 6.64. The van der Waals surface area contributed by atoms with E-state index in [0.717, 1.165) is 28.9 Å². The molecule has 0 saturated heterocycles. The second-order valence-corrected chi connectivity index (χ2v) is 6.47. The third-order valence-electron chi connectivity index (χ3n) is 4.61. The lowest BCUT2D eigenvalue weighted by molar-refractivity contribution is 0.122. The highest BCUT2D eigenvalue weighted by Crippen LogP contribution is 2.27. The lowest BCUT2D eigenvalue weighted by Crippen LogP contribution is -2.45. The van der Waals surface area contributed by atoms with Crippen LogP contribution < -0.4 is 10.2 Å². The van der Waals surface area contributed by atoms with Crippen molar-refractivity contribution in [3.63, 3.8) is 0 Å². The van der Waals surface area contributed by atoms with Crippen LogP contribution in [0.3, 0.4) is 0 Å². The molecule has 1 aliphatic rings. The van der Waals surface area contributed by atoms with Crippen LogP contribution in [-0.4, -0.2) is 46.8 Å². The summed E-state index contributed by atoms with van der Waals surface area (Å²) in [6.07, 6.45) is 1.14. The number of fused-ring (bicyclic) bond motifs is 1. The minimum absolute atomic E-state index is 0.0449. The number of alkyl halides is 2. The molecule has 140 valence electrons. The number of hydrogen-bond acceptors (Lipinski definition) is 3. The first-order valence-corrected chi connectivity index (χ1v) is 8.65. The van der Waals surface area contributed by atoms with Gasteiger partial charge in [0.1, 0.15) is 6.54 Å². The summed E-state index contributed by atoms with van der Waals surface area (Å²) in [7, 11) is 2.03. The minimum atomic E-state index is -2.49. The number of anilines is 2. The summed E-state index contributed by atoms with van der Waals surface area (Å²) in [6.45, 7) is 2.78. The molecule has 0 aliphatic carbocycles. The molecule has 0 fully saturated rings. The summed E-state index contributed by atoms with van der Waals surface area (Å²) in [6, 6.07) is 7.82. The number of nitrogens with zero attached hydrogens (tertiary/aromatic N) is 4. The summed E-state index contributed by atoms with van der Waals surface area (Å²) in [5.41, 5.74) is 2.61. The molecule has 0 bridgehead atoms. The van der Waals surface area contributed by atoms with Gasteiger partial charge in [0.15, 0.2) is 0 Å². The Morgan fingerprint density at radius 2 is 2.15 bits per heavy atom. The number of aromatic nitrogens is 2. The van der Waals surface area contributed by atoms with E-state index in [9.17, 15) is 13.6 Å². The van der Waals surface area contributed by atoms with E-state index in [4.69, 9.17) is 0 Å². The molecule has 3 rings (SSSR count).